The number of hydrogen-bond donors (Lipinski definition) is 1. The minimum Gasteiger partial charge on any atom is -0.497 e. The molecule has 0 atom stereocenters. The SMILES string of the molecule is CCN1C(=O)C(C)(C)c2cc3[nH]c(-c4ccc(OC)cc4)nc3cc21. The van der Waals surface area contributed by atoms with Crippen LogP contribution < -0.4 is 9.64 Å². The van der Waals surface area contributed by atoms with E-state index in [1.165, 1.54) is 0 Å². The molecule has 4 rings (SSSR count). The number of ether oxygens (including phenoxy) is 1. The van der Waals surface area contributed by atoms with Gasteiger partial charge in [-0.25, -0.2) is 4.98 Å². The van der Waals surface area contributed by atoms with Crippen molar-refractivity contribution in [3.63, 3.8) is 0 Å². The Morgan fingerprint density at radius 2 is 1.92 bits per heavy atom. The summed E-state index contributed by atoms with van der Waals surface area (Å²) >= 11 is 0. The van der Waals surface area contributed by atoms with E-state index in [9.17, 15) is 4.79 Å². The second kappa shape index (κ2) is 5.34. The van der Waals surface area contributed by atoms with Gasteiger partial charge in [0.15, 0.2) is 0 Å². The van der Waals surface area contributed by atoms with Gasteiger partial charge < -0.3 is 14.6 Å². The van der Waals surface area contributed by atoms with Crippen molar-refractivity contribution in [2.24, 2.45) is 0 Å². The highest BCUT2D eigenvalue weighted by atomic mass is 16.5. The molecule has 0 radical (unpaired) electrons. The van der Waals surface area contributed by atoms with Crippen LogP contribution in [0.3, 0.4) is 0 Å². The van der Waals surface area contributed by atoms with Crippen LogP contribution in [0.25, 0.3) is 22.4 Å². The minimum atomic E-state index is -0.509. The van der Waals surface area contributed by atoms with Crippen LogP contribution in [0.4, 0.5) is 5.69 Å². The number of H-pyrrole nitrogens is 1. The van der Waals surface area contributed by atoms with Gasteiger partial charge in [0.05, 0.1) is 29.2 Å². The Morgan fingerprint density at radius 3 is 2.56 bits per heavy atom. The normalized spacial score (nSPS) is 15.7. The monoisotopic (exact) mass is 335 g/mol. The first-order chi connectivity index (χ1) is 12.0. The zero-order valence-corrected chi connectivity index (χ0v) is 14.9. The number of nitrogens with one attached hydrogen (secondary N) is 1. The molecule has 0 aliphatic carbocycles. The van der Waals surface area contributed by atoms with Crippen molar-refractivity contribution in [2.45, 2.75) is 26.2 Å². The van der Waals surface area contributed by atoms with Crippen molar-refractivity contribution in [1.82, 2.24) is 9.97 Å². The Morgan fingerprint density at radius 1 is 1.20 bits per heavy atom. The highest BCUT2D eigenvalue weighted by Crippen LogP contribution is 2.43. The number of carbonyl (C=O) groups is 1. The van der Waals surface area contributed by atoms with E-state index in [4.69, 9.17) is 9.72 Å². The van der Waals surface area contributed by atoms with Gasteiger partial charge in [0.2, 0.25) is 5.91 Å². The number of amides is 1. The maximum absolute atomic E-state index is 12.6. The summed E-state index contributed by atoms with van der Waals surface area (Å²) in [6.07, 6.45) is 0. The molecule has 0 saturated heterocycles. The van der Waals surface area contributed by atoms with E-state index in [1.54, 1.807) is 7.11 Å². The number of aromatic nitrogens is 2. The Labute approximate surface area is 146 Å². The maximum atomic E-state index is 12.6. The molecule has 3 aromatic rings. The highest BCUT2D eigenvalue weighted by molar-refractivity contribution is 6.09. The maximum Gasteiger partial charge on any atom is 0.237 e. The molecule has 2 heterocycles. The lowest BCUT2D eigenvalue weighted by Gasteiger charge is -2.18. The molecular formula is C20H21N3O2. The fourth-order valence-electron chi connectivity index (χ4n) is 3.53. The number of imidazole rings is 1. The van der Waals surface area contributed by atoms with Crippen LogP contribution in [0.15, 0.2) is 36.4 Å². The summed E-state index contributed by atoms with van der Waals surface area (Å²) in [6.45, 7) is 6.63. The van der Waals surface area contributed by atoms with Gasteiger partial charge >= 0.3 is 0 Å². The summed E-state index contributed by atoms with van der Waals surface area (Å²) < 4.78 is 5.21. The number of benzene rings is 2. The van der Waals surface area contributed by atoms with Gasteiger partial charge in [-0.15, -0.1) is 0 Å². The molecule has 1 aliphatic rings. The number of likely N-dealkylation sites (N-methyl/N-ethyl adjacent to an activating group) is 1. The zero-order valence-electron chi connectivity index (χ0n) is 14.9. The van der Waals surface area contributed by atoms with Crippen LogP contribution in [0.2, 0.25) is 0 Å². The minimum absolute atomic E-state index is 0.146. The molecule has 1 aromatic heterocycles. The highest BCUT2D eigenvalue weighted by Gasteiger charge is 2.43. The smallest absolute Gasteiger partial charge is 0.237 e. The summed E-state index contributed by atoms with van der Waals surface area (Å²) in [7, 11) is 1.65. The first kappa shape index (κ1) is 15.7. The van der Waals surface area contributed by atoms with E-state index >= 15 is 0 Å². The summed E-state index contributed by atoms with van der Waals surface area (Å²) in [5, 5.41) is 0. The molecule has 0 unspecified atom stereocenters. The molecule has 1 N–H and O–H groups in total. The van der Waals surface area contributed by atoms with Gasteiger partial charge in [-0.1, -0.05) is 0 Å². The fraction of sp³-hybridized carbons (Fsp3) is 0.300. The second-order valence-electron chi connectivity index (χ2n) is 6.87. The largest absolute Gasteiger partial charge is 0.497 e. The van der Waals surface area contributed by atoms with Crippen molar-refractivity contribution in [3.8, 4) is 17.1 Å². The molecule has 25 heavy (non-hydrogen) atoms. The molecule has 128 valence electrons. The topological polar surface area (TPSA) is 58.2 Å². The number of rotatable bonds is 3. The van der Waals surface area contributed by atoms with Crippen LogP contribution in [0.1, 0.15) is 26.3 Å². The second-order valence-corrected chi connectivity index (χ2v) is 6.87. The van der Waals surface area contributed by atoms with E-state index in [0.717, 1.165) is 39.4 Å². The molecule has 0 bridgehead atoms. The van der Waals surface area contributed by atoms with Gasteiger partial charge in [0, 0.05) is 12.1 Å². The lowest BCUT2D eigenvalue weighted by molar-refractivity contribution is -0.122. The fourth-order valence-corrected chi connectivity index (χ4v) is 3.53. The molecule has 2 aromatic carbocycles. The molecule has 1 amide bonds. The summed E-state index contributed by atoms with van der Waals surface area (Å²) in [5.41, 5.74) is 4.33. The van der Waals surface area contributed by atoms with Crippen LogP contribution in [0, 0.1) is 0 Å². The third kappa shape index (κ3) is 2.22. The summed E-state index contributed by atoms with van der Waals surface area (Å²) in [5.74, 6) is 1.78. The molecule has 1 aliphatic heterocycles. The lowest BCUT2D eigenvalue weighted by Crippen LogP contribution is -2.35. The van der Waals surface area contributed by atoms with Crippen molar-refractivity contribution in [2.75, 3.05) is 18.6 Å². The van der Waals surface area contributed by atoms with Crippen molar-refractivity contribution in [1.29, 1.82) is 0 Å². The number of anilines is 1. The molecule has 0 fully saturated rings. The van der Waals surface area contributed by atoms with Gasteiger partial charge in [0.1, 0.15) is 11.6 Å². The van der Waals surface area contributed by atoms with Crippen LogP contribution in [-0.4, -0.2) is 29.5 Å². The third-order valence-electron chi connectivity index (χ3n) is 5.02. The Bertz CT molecular complexity index is 971. The van der Waals surface area contributed by atoms with Crippen LogP contribution in [0.5, 0.6) is 5.75 Å². The number of aromatic amines is 1. The Hall–Kier alpha value is -2.82. The zero-order chi connectivity index (χ0) is 17.8. The first-order valence-corrected chi connectivity index (χ1v) is 8.46. The number of carbonyl (C=O) groups excluding carboxylic acids is 1. The Balaban J connectivity index is 1.84. The average molecular weight is 335 g/mol. The van der Waals surface area contributed by atoms with E-state index < -0.39 is 5.41 Å². The van der Waals surface area contributed by atoms with Crippen molar-refractivity contribution in [3.05, 3.63) is 42.0 Å². The first-order valence-electron chi connectivity index (χ1n) is 8.46. The molecular weight excluding hydrogens is 314 g/mol. The number of methoxy groups -OCH3 is 1. The van der Waals surface area contributed by atoms with Crippen LogP contribution >= 0.6 is 0 Å². The summed E-state index contributed by atoms with van der Waals surface area (Å²) in [6, 6.07) is 11.9. The lowest BCUT2D eigenvalue weighted by atomic mass is 9.86. The van der Waals surface area contributed by atoms with Gasteiger partial charge in [-0.2, -0.15) is 0 Å². The van der Waals surface area contributed by atoms with Crippen LogP contribution in [-0.2, 0) is 10.2 Å². The predicted molar refractivity (Wildman–Crippen MR) is 99.1 cm³/mol. The van der Waals surface area contributed by atoms with E-state index in [2.05, 4.69) is 11.1 Å². The number of fused-ring (bicyclic) bond motifs is 2. The number of hydrogen-bond acceptors (Lipinski definition) is 3. The van der Waals surface area contributed by atoms with Gasteiger partial charge in [-0.05, 0) is 62.7 Å². The van der Waals surface area contributed by atoms with E-state index in [-0.39, 0.29) is 5.91 Å². The molecule has 5 nitrogen and oxygen atoms in total. The quantitative estimate of drug-likeness (QED) is 0.790. The molecule has 0 spiro atoms. The van der Waals surface area contributed by atoms with Crippen molar-refractivity contribution < 1.29 is 9.53 Å². The Kier molecular flexibility index (Phi) is 3.35. The number of nitrogens with zero attached hydrogens (tertiary/aromatic N) is 2. The third-order valence-corrected chi connectivity index (χ3v) is 5.02. The van der Waals surface area contributed by atoms with Crippen molar-refractivity contribution >= 4 is 22.6 Å². The molecule has 0 saturated carbocycles. The molecule has 5 heteroatoms. The van der Waals surface area contributed by atoms with E-state index in [0.29, 0.717) is 6.54 Å². The summed E-state index contributed by atoms with van der Waals surface area (Å²) in [4.78, 5) is 22.6. The van der Waals surface area contributed by atoms with Gasteiger partial charge in [-0.3, -0.25) is 4.79 Å². The predicted octanol–water partition coefficient (Wildman–Crippen LogP) is 3.88. The average Bonchev–Trinajstić information content (AvgIpc) is 3.11. The van der Waals surface area contributed by atoms with Gasteiger partial charge in [0.25, 0.3) is 0 Å². The standard InChI is InChI=1S/C20H21N3O2/c1-5-23-17-11-16-15(10-14(17)20(2,3)19(23)24)21-18(22-16)12-6-8-13(25-4)9-7-12/h6-11H,5H2,1-4H3,(H,21,22). The van der Waals surface area contributed by atoms with E-state index in [1.807, 2.05) is 56.0 Å².